The molecule has 224 valence electrons. The topological polar surface area (TPSA) is 105 Å². The summed E-state index contributed by atoms with van der Waals surface area (Å²) >= 11 is 6.59. The maximum Gasteiger partial charge on any atom is 0.401 e. The summed E-state index contributed by atoms with van der Waals surface area (Å²) in [5, 5.41) is 10.5. The Morgan fingerprint density at radius 3 is 2.49 bits per heavy atom. The standard InChI is InChI=1S/C29H37ClF3N5O3/c1-5-7-19(39)11-41-20-8-9-22(30)21(10-20)26-35-25(24(18(4)34)23(40)6-2)17(3)27(36-26)38-14-28(15-38)12-37(13-28)16-29(31,32)33/h8-10,19,39H,5-7,11-16,34H2,1-4H3/t19-/m1/s1. The highest BCUT2D eigenvalue weighted by Gasteiger charge is 2.54. The number of carbonyl (C=O) groups excluding carboxylic acids is 1. The number of aromatic nitrogens is 2. The first kappa shape index (κ1) is 31.1. The van der Waals surface area contributed by atoms with Crippen LogP contribution in [0.25, 0.3) is 17.0 Å². The maximum atomic E-state index is 13.0. The van der Waals surface area contributed by atoms with E-state index in [9.17, 15) is 23.1 Å². The average molecular weight is 596 g/mol. The van der Waals surface area contributed by atoms with Crippen LogP contribution in [0.4, 0.5) is 19.0 Å². The number of hydrogen-bond donors (Lipinski definition) is 2. The SMILES string of the molecule is CCC[C@@H](O)COc1ccc(Cl)c(-c2nc(C(C(=O)CC)=C(C)N)c(C)c(N3CC4(CN(CC(F)(F)F)C4)C3)n2)c1. The Labute approximate surface area is 243 Å². The third kappa shape index (κ3) is 6.95. The molecular weight excluding hydrogens is 559 g/mol. The lowest BCUT2D eigenvalue weighted by Crippen LogP contribution is -2.73. The Balaban J connectivity index is 1.69. The largest absolute Gasteiger partial charge is 0.491 e. The number of carbonyl (C=O) groups is 1. The number of ketones is 1. The van der Waals surface area contributed by atoms with Gasteiger partial charge in [-0.2, -0.15) is 13.2 Å². The Bertz CT molecular complexity index is 1320. The highest BCUT2D eigenvalue weighted by atomic mass is 35.5. The minimum Gasteiger partial charge on any atom is -0.491 e. The van der Waals surface area contributed by atoms with Gasteiger partial charge in [0, 0.05) is 54.8 Å². The van der Waals surface area contributed by atoms with E-state index in [4.69, 9.17) is 32.0 Å². The second kappa shape index (κ2) is 12.1. The summed E-state index contributed by atoms with van der Waals surface area (Å²) < 4.78 is 44.3. The zero-order valence-corrected chi connectivity index (χ0v) is 24.6. The van der Waals surface area contributed by atoms with Gasteiger partial charge in [-0.15, -0.1) is 0 Å². The molecule has 0 saturated carbocycles. The molecule has 12 heteroatoms. The number of alkyl halides is 3. The van der Waals surface area contributed by atoms with Gasteiger partial charge in [0.05, 0.1) is 28.9 Å². The molecule has 1 spiro atoms. The molecule has 2 aliphatic rings. The third-order valence-corrected chi connectivity index (χ3v) is 7.80. The Morgan fingerprint density at radius 1 is 1.22 bits per heavy atom. The van der Waals surface area contributed by atoms with Crippen LogP contribution in [0.3, 0.4) is 0 Å². The van der Waals surface area contributed by atoms with Crippen molar-refractivity contribution < 1.29 is 27.8 Å². The predicted molar refractivity (Wildman–Crippen MR) is 153 cm³/mol. The summed E-state index contributed by atoms with van der Waals surface area (Å²) in [4.78, 5) is 26.0. The number of halogens is 4. The highest BCUT2D eigenvalue weighted by Crippen LogP contribution is 2.44. The van der Waals surface area contributed by atoms with E-state index in [-0.39, 0.29) is 30.1 Å². The zero-order valence-electron chi connectivity index (χ0n) is 23.8. The van der Waals surface area contributed by atoms with Crippen LogP contribution in [0, 0.1) is 12.3 Å². The molecule has 4 rings (SSSR count). The van der Waals surface area contributed by atoms with Crippen molar-refractivity contribution in [3.05, 3.63) is 40.2 Å². The molecule has 8 nitrogen and oxygen atoms in total. The highest BCUT2D eigenvalue weighted by molar-refractivity contribution is 6.33. The second-order valence-corrected chi connectivity index (χ2v) is 11.6. The molecule has 2 aliphatic heterocycles. The molecule has 3 N–H and O–H groups in total. The van der Waals surface area contributed by atoms with Crippen molar-refractivity contribution in [2.24, 2.45) is 11.1 Å². The first-order chi connectivity index (χ1) is 19.3. The fourth-order valence-corrected chi connectivity index (χ4v) is 5.85. The van der Waals surface area contributed by atoms with E-state index >= 15 is 0 Å². The number of rotatable bonds is 11. The number of hydrogen-bond acceptors (Lipinski definition) is 8. The monoisotopic (exact) mass is 595 g/mol. The van der Waals surface area contributed by atoms with Crippen LogP contribution >= 0.6 is 11.6 Å². The molecule has 1 aromatic heterocycles. The number of allylic oxidation sites excluding steroid dienone is 2. The van der Waals surface area contributed by atoms with Crippen molar-refractivity contribution >= 4 is 28.8 Å². The first-order valence-corrected chi connectivity index (χ1v) is 14.2. The summed E-state index contributed by atoms with van der Waals surface area (Å²) in [5.74, 6) is 1.15. The van der Waals surface area contributed by atoms with Gasteiger partial charge < -0.3 is 20.5 Å². The number of anilines is 1. The number of Topliss-reactive ketones (excluding diaryl/α,β-unsaturated/α-hetero) is 1. The molecule has 1 atom stereocenters. The summed E-state index contributed by atoms with van der Waals surface area (Å²) in [6.07, 6.45) is -3.17. The lowest BCUT2D eigenvalue weighted by Gasteiger charge is -2.61. The van der Waals surface area contributed by atoms with Gasteiger partial charge in [-0.25, -0.2) is 9.97 Å². The molecular formula is C29H37ClF3N5O3. The lowest BCUT2D eigenvalue weighted by molar-refractivity contribution is -0.172. The number of aliphatic hydroxyl groups is 1. The van der Waals surface area contributed by atoms with Crippen molar-refractivity contribution in [1.82, 2.24) is 14.9 Å². The molecule has 3 heterocycles. The van der Waals surface area contributed by atoms with Crippen molar-refractivity contribution in [3.8, 4) is 17.1 Å². The van der Waals surface area contributed by atoms with Crippen molar-refractivity contribution in [3.63, 3.8) is 0 Å². The average Bonchev–Trinajstić information content (AvgIpc) is 2.84. The molecule has 41 heavy (non-hydrogen) atoms. The number of nitrogens with two attached hydrogens (primary N) is 1. The van der Waals surface area contributed by atoms with Crippen LogP contribution in [0.2, 0.25) is 5.02 Å². The molecule has 1 aromatic carbocycles. The predicted octanol–water partition coefficient (Wildman–Crippen LogP) is 5.00. The number of ether oxygens (including phenoxy) is 1. The first-order valence-electron chi connectivity index (χ1n) is 13.8. The normalized spacial score (nSPS) is 18.0. The number of likely N-dealkylation sites (tertiary alicyclic amines) is 1. The summed E-state index contributed by atoms with van der Waals surface area (Å²) in [6, 6.07) is 5.04. The van der Waals surface area contributed by atoms with Crippen molar-refractivity contribution in [1.29, 1.82) is 0 Å². The van der Waals surface area contributed by atoms with Gasteiger partial charge in [0.15, 0.2) is 11.6 Å². The van der Waals surface area contributed by atoms with E-state index in [0.717, 1.165) is 6.42 Å². The molecule has 0 unspecified atom stereocenters. The Hall–Kier alpha value is -2.89. The summed E-state index contributed by atoms with van der Waals surface area (Å²) in [6.45, 7) is 8.19. The van der Waals surface area contributed by atoms with Crippen LogP contribution in [-0.2, 0) is 4.79 Å². The van der Waals surface area contributed by atoms with E-state index < -0.39 is 18.8 Å². The molecule has 0 bridgehead atoms. The van der Waals surface area contributed by atoms with Gasteiger partial charge in [0.2, 0.25) is 0 Å². The van der Waals surface area contributed by atoms with Crippen molar-refractivity contribution in [2.75, 3.05) is 44.2 Å². The Morgan fingerprint density at radius 2 is 1.90 bits per heavy atom. The van der Waals surface area contributed by atoms with Gasteiger partial charge in [-0.05, 0) is 38.5 Å². The smallest absolute Gasteiger partial charge is 0.401 e. The van der Waals surface area contributed by atoms with Crippen LogP contribution in [0.5, 0.6) is 5.75 Å². The van der Waals surface area contributed by atoms with Crippen molar-refractivity contribution in [2.45, 2.75) is 59.2 Å². The van der Waals surface area contributed by atoms with E-state index in [1.54, 1.807) is 32.0 Å². The molecule has 2 aromatic rings. The second-order valence-electron chi connectivity index (χ2n) is 11.2. The van der Waals surface area contributed by atoms with Crippen LogP contribution in [0.15, 0.2) is 23.9 Å². The van der Waals surface area contributed by atoms with E-state index in [2.05, 4.69) is 0 Å². The molecule has 2 fully saturated rings. The fourth-order valence-electron chi connectivity index (χ4n) is 5.65. The Kier molecular flexibility index (Phi) is 9.20. The fraction of sp³-hybridized carbons (Fsp3) is 0.552. The van der Waals surface area contributed by atoms with Crippen LogP contribution in [0.1, 0.15) is 51.3 Å². The summed E-state index contributed by atoms with van der Waals surface area (Å²) in [7, 11) is 0. The number of aliphatic hydroxyl groups excluding tert-OH is 1. The van der Waals surface area contributed by atoms with Crippen LogP contribution in [-0.4, -0.2) is 77.4 Å². The van der Waals surface area contributed by atoms with Gasteiger partial charge >= 0.3 is 6.18 Å². The molecule has 0 aliphatic carbocycles. The van der Waals surface area contributed by atoms with Gasteiger partial charge in [-0.3, -0.25) is 9.69 Å². The minimum atomic E-state index is -4.22. The van der Waals surface area contributed by atoms with E-state index in [0.29, 0.717) is 77.3 Å². The molecule has 0 amide bonds. The van der Waals surface area contributed by atoms with Gasteiger partial charge in [0.1, 0.15) is 18.2 Å². The molecule has 0 radical (unpaired) electrons. The summed E-state index contributed by atoms with van der Waals surface area (Å²) in [5.41, 5.74) is 8.11. The number of benzene rings is 1. The van der Waals surface area contributed by atoms with Gasteiger partial charge in [-0.1, -0.05) is 31.9 Å². The third-order valence-electron chi connectivity index (χ3n) is 7.47. The number of nitrogens with zero attached hydrogens (tertiary/aromatic N) is 4. The van der Waals surface area contributed by atoms with Crippen LogP contribution < -0.4 is 15.4 Å². The zero-order chi connectivity index (χ0) is 30.1. The molecule has 2 saturated heterocycles. The quantitative estimate of drug-likeness (QED) is 0.350. The van der Waals surface area contributed by atoms with E-state index in [1.165, 1.54) is 4.90 Å². The van der Waals surface area contributed by atoms with E-state index in [1.807, 2.05) is 18.7 Å². The lowest BCUT2D eigenvalue weighted by atomic mass is 9.72. The van der Waals surface area contributed by atoms with Gasteiger partial charge in [0.25, 0.3) is 0 Å². The maximum absolute atomic E-state index is 13.0. The minimum absolute atomic E-state index is 0.117.